The summed E-state index contributed by atoms with van der Waals surface area (Å²) in [5.74, 6) is 1.22. The molecule has 72 valence electrons. The third kappa shape index (κ3) is 10.0. The lowest BCUT2D eigenvalue weighted by atomic mass is 10.4. The van der Waals surface area contributed by atoms with Gasteiger partial charge in [0.1, 0.15) is 0 Å². The van der Waals surface area contributed by atoms with Crippen LogP contribution >= 0.6 is 11.8 Å². The predicted molar refractivity (Wildman–Crippen MR) is 57.6 cm³/mol. The zero-order valence-corrected chi connectivity index (χ0v) is 9.25. The Labute approximate surface area is 80.6 Å². The quantitative estimate of drug-likeness (QED) is 0.566. The molecule has 0 aromatic heterocycles. The van der Waals surface area contributed by atoms with Gasteiger partial charge in [-0.25, -0.2) is 0 Å². The Bertz CT molecular complexity index is 117. The first kappa shape index (κ1) is 12.0. The third-order valence-corrected chi connectivity index (χ3v) is 2.49. The lowest BCUT2D eigenvalue weighted by Crippen LogP contribution is -1.93. The summed E-state index contributed by atoms with van der Waals surface area (Å²) in [5, 5.41) is 2.22. The van der Waals surface area contributed by atoms with E-state index in [4.69, 9.17) is 4.74 Å². The van der Waals surface area contributed by atoms with Crippen LogP contribution in [0.3, 0.4) is 0 Å². The minimum absolute atomic E-state index is 0.848. The van der Waals surface area contributed by atoms with Gasteiger partial charge >= 0.3 is 0 Å². The maximum Gasteiger partial charge on any atom is 0.0466 e. The van der Waals surface area contributed by atoms with Gasteiger partial charge in [-0.3, -0.25) is 0 Å². The number of hydrogen-bond acceptors (Lipinski definition) is 2. The van der Waals surface area contributed by atoms with Gasteiger partial charge in [-0.2, -0.15) is 0 Å². The molecular weight excluding hydrogens is 168 g/mol. The molecule has 1 nitrogen and oxygen atoms in total. The van der Waals surface area contributed by atoms with E-state index in [0.29, 0.717) is 0 Å². The van der Waals surface area contributed by atoms with E-state index >= 15 is 0 Å². The van der Waals surface area contributed by atoms with Gasteiger partial charge in [0.15, 0.2) is 0 Å². The van der Waals surface area contributed by atoms with Gasteiger partial charge in [0.25, 0.3) is 0 Å². The molecule has 0 aliphatic heterocycles. The highest BCUT2D eigenvalue weighted by atomic mass is 32.2. The van der Waals surface area contributed by atoms with Crippen LogP contribution in [0.5, 0.6) is 0 Å². The molecule has 0 aliphatic rings. The van der Waals surface area contributed by atoms with Crippen molar-refractivity contribution in [2.24, 2.45) is 0 Å². The number of unbranched alkanes of at least 4 members (excludes halogenated alkanes) is 1. The molecule has 0 unspecified atom stereocenters. The van der Waals surface area contributed by atoms with Crippen molar-refractivity contribution in [3.63, 3.8) is 0 Å². The summed E-state index contributed by atoms with van der Waals surface area (Å²) in [6, 6.07) is 0. The standard InChI is InChI=1S/C10H20OS/c1-4-11-7-5-6-8-12-9-10(2)3/h9H,4-8H2,1-3H3. The minimum atomic E-state index is 0.848. The highest BCUT2D eigenvalue weighted by Gasteiger charge is 1.87. The largest absolute Gasteiger partial charge is 0.382 e. The van der Waals surface area contributed by atoms with E-state index in [9.17, 15) is 0 Å². The second-order valence-electron chi connectivity index (χ2n) is 2.97. The molecule has 0 aliphatic carbocycles. The summed E-state index contributed by atoms with van der Waals surface area (Å²) in [5.41, 5.74) is 1.39. The smallest absolute Gasteiger partial charge is 0.0466 e. The second-order valence-corrected chi connectivity index (χ2v) is 3.95. The number of thioether (sulfide) groups is 1. The number of allylic oxidation sites excluding steroid dienone is 1. The van der Waals surface area contributed by atoms with Crippen molar-refractivity contribution in [3.05, 3.63) is 11.0 Å². The molecule has 0 aromatic carbocycles. The maximum absolute atomic E-state index is 5.24. The molecule has 0 radical (unpaired) electrons. The fourth-order valence-corrected chi connectivity index (χ4v) is 1.58. The van der Waals surface area contributed by atoms with Crippen LogP contribution in [0.15, 0.2) is 11.0 Å². The molecule has 0 heterocycles. The minimum Gasteiger partial charge on any atom is -0.382 e. The van der Waals surface area contributed by atoms with Crippen LogP contribution in [0.2, 0.25) is 0 Å². The molecule has 12 heavy (non-hydrogen) atoms. The van der Waals surface area contributed by atoms with Gasteiger partial charge in [0.2, 0.25) is 0 Å². The SMILES string of the molecule is CCOCCCCSC=C(C)C. The average Bonchev–Trinajstić information content (AvgIpc) is 2.02. The zero-order chi connectivity index (χ0) is 9.23. The molecule has 0 saturated heterocycles. The Kier molecular flexibility index (Phi) is 9.18. The van der Waals surface area contributed by atoms with Gasteiger partial charge in [0.05, 0.1) is 0 Å². The van der Waals surface area contributed by atoms with Crippen LogP contribution in [-0.2, 0) is 4.74 Å². The van der Waals surface area contributed by atoms with Crippen molar-refractivity contribution < 1.29 is 4.74 Å². The number of rotatable bonds is 7. The van der Waals surface area contributed by atoms with E-state index in [1.807, 2.05) is 18.7 Å². The lowest BCUT2D eigenvalue weighted by Gasteiger charge is -1.99. The molecule has 0 aromatic rings. The Morgan fingerprint density at radius 3 is 2.67 bits per heavy atom. The molecule has 0 saturated carbocycles. The molecule has 0 rings (SSSR count). The summed E-state index contributed by atoms with van der Waals surface area (Å²) >= 11 is 1.90. The van der Waals surface area contributed by atoms with Crippen LogP contribution in [0, 0.1) is 0 Å². The van der Waals surface area contributed by atoms with Crippen LogP contribution in [0.1, 0.15) is 33.6 Å². The molecule has 0 N–H and O–H groups in total. The highest BCUT2D eigenvalue weighted by Crippen LogP contribution is 2.08. The maximum atomic E-state index is 5.24. The Morgan fingerprint density at radius 1 is 1.33 bits per heavy atom. The van der Waals surface area contributed by atoms with Crippen LogP contribution < -0.4 is 0 Å². The van der Waals surface area contributed by atoms with Crippen LogP contribution in [0.4, 0.5) is 0 Å². The van der Waals surface area contributed by atoms with Crippen molar-refractivity contribution in [2.45, 2.75) is 33.6 Å². The van der Waals surface area contributed by atoms with E-state index < -0.39 is 0 Å². The van der Waals surface area contributed by atoms with Crippen LogP contribution in [0.25, 0.3) is 0 Å². The number of hydrogen-bond donors (Lipinski definition) is 0. The summed E-state index contributed by atoms with van der Waals surface area (Å²) in [4.78, 5) is 0. The fraction of sp³-hybridized carbons (Fsp3) is 0.800. The topological polar surface area (TPSA) is 9.23 Å². The van der Waals surface area contributed by atoms with E-state index in [1.165, 1.54) is 24.2 Å². The summed E-state index contributed by atoms with van der Waals surface area (Å²) in [6.45, 7) is 8.07. The Hall–Kier alpha value is 0.0500. The van der Waals surface area contributed by atoms with Crippen molar-refractivity contribution in [3.8, 4) is 0 Å². The second kappa shape index (κ2) is 9.14. The molecule has 0 spiro atoms. The number of ether oxygens (including phenoxy) is 1. The lowest BCUT2D eigenvalue weighted by molar-refractivity contribution is 0.144. The first-order valence-electron chi connectivity index (χ1n) is 4.60. The molecule has 2 heteroatoms. The molecule has 0 bridgehead atoms. The van der Waals surface area contributed by atoms with E-state index in [0.717, 1.165) is 13.2 Å². The Balaban J connectivity index is 2.96. The highest BCUT2D eigenvalue weighted by molar-refractivity contribution is 8.02. The van der Waals surface area contributed by atoms with Crippen molar-refractivity contribution in [1.82, 2.24) is 0 Å². The van der Waals surface area contributed by atoms with Crippen molar-refractivity contribution in [2.75, 3.05) is 19.0 Å². The fourth-order valence-electron chi connectivity index (χ4n) is 0.759. The molecule has 0 atom stereocenters. The molecule has 0 fully saturated rings. The zero-order valence-electron chi connectivity index (χ0n) is 8.43. The summed E-state index contributed by atoms with van der Waals surface area (Å²) < 4.78 is 5.24. The van der Waals surface area contributed by atoms with E-state index in [-0.39, 0.29) is 0 Å². The normalized spacial score (nSPS) is 9.92. The van der Waals surface area contributed by atoms with Crippen molar-refractivity contribution in [1.29, 1.82) is 0 Å². The summed E-state index contributed by atoms with van der Waals surface area (Å²) in [6.07, 6.45) is 2.45. The first-order valence-corrected chi connectivity index (χ1v) is 5.65. The monoisotopic (exact) mass is 188 g/mol. The average molecular weight is 188 g/mol. The molecule has 0 amide bonds. The predicted octanol–water partition coefficient (Wildman–Crippen LogP) is 3.46. The molecular formula is C10H20OS. The van der Waals surface area contributed by atoms with Gasteiger partial charge in [0, 0.05) is 13.2 Å². The van der Waals surface area contributed by atoms with Crippen LogP contribution in [-0.4, -0.2) is 19.0 Å². The third-order valence-electron chi connectivity index (χ3n) is 1.32. The Morgan fingerprint density at radius 2 is 2.08 bits per heavy atom. The van der Waals surface area contributed by atoms with Crippen molar-refractivity contribution >= 4 is 11.8 Å². The van der Waals surface area contributed by atoms with E-state index in [2.05, 4.69) is 19.3 Å². The van der Waals surface area contributed by atoms with E-state index in [1.54, 1.807) is 0 Å². The van der Waals surface area contributed by atoms with Gasteiger partial charge in [-0.15, -0.1) is 11.8 Å². The van der Waals surface area contributed by atoms with Gasteiger partial charge in [-0.1, -0.05) is 5.57 Å². The first-order chi connectivity index (χ1) is 5.77. The van der Waals surface area contributed by atoms with Gasteiger partial charge in [-0.05, 0) is 44.8 Å². The van der Waals surface area contributed by atoms with Gasteiger partial charge < -0.3 is 4.74 Å². The summed E-state index contributed by atoms with van der Waals surface area (Å²) in [7, 11) is 0.